The second-order valence-corrected chi connectivity index (χ2v) is 5.39. The summed E-state index contributed by atoms with van der Waals surface area (Å²) in [7, 11) is 0. The van der Waals surface area contributed by atoms with Crippen LogP contribution >= 0.6 is 11.8 Å². The van der Waals surface area contributed by atoms with Gasteiger partial charge in [-0.25, -0.2) is 0 Å². The quantitative estimate of drug-likeness (QED) is 0.841. The SMILES string of the molecule is Nc1cccc(OCCC(=O)N2CCSCC2)c1. The second kappa shape index (κ2) is 6.54. The first-order valence-electron chi connectivity index (χ1n) is 6.09. The maximum Gasteiger partial charge on any atom is 0.226 e. The van der Waals surface area contributed by atoms with E-state index in [-0.39, 0.29) is 5.91 Å². The molecule has 1 saturated heterocycles. The van der Waals surface area contributed by atoms with Crippen LogP contribution in [0.15, 0.2) is 24.3 Å². The summed E-state index contributed by atoms with van der Waals surface area (Å²) in [5, 5.41) is 0. The molecule has 1 aliphatic heterocycles. The summed E-state index contributed by atoms with van der Waals surface area (Å²) in [4.78, 5) is 13.8. The van der Waals surface area contributed by atoms with E-state index in [1.165, 1.54) is 0 Å². The fraction of sp³-hybridized carbons (Fsp3) is 0.462. The highest BCUT2D eigenvalue weighted by molar-refractivity contribution is 7.99. The number of nitrogens with zero attached hydrogens (tertiary/aromatic N) is 1. The number of thioether (sulfide) groups is 1. The van der Waals surface area contributed by atoms with E-state index in [1.54, 1.807) is 6.07 Å². The molecule has 0 atom stereocenters. The number of rotatable bonds is 4. The average molecular weight is 266 g/mol. The summed E-state index contributed by atoms with van der Waals surface area (Å²) in [6.45, 7) is 2.13. The van der Waals surface area contributed by atoms with Crippen LogP contribution in [0.5, 0.6) is 5.75 Å². The summed E-state index contributed by atoms with van der Waals surface area (Å²) in [6, 6.07) is 7.26. The molecule has 1 aliphatic rings. The highest BCUT2D eigenvalue weighted by Gasteiger charge is 2.16. The monoisotopic (exact) mass is 266 g/mol. The summed E-state index contributed by atoms with van der Waals surface area (Å²) < 4.78 is 5.52. The Labute approximate surface area is 111 Å². The molecule has 0 spiro atoms. The van der Waals surface area contributed by atoms with Gasteiger partial charge in [-0.3, -0.25) is 4.79 Å². The van der Waals surface area contributed by atoms with Crippen LogP contribution in [-0.4, -0.2) is 42.0 Å². The number of nitrogens with two attached hydrogens (primary N) is 1. The topological polar surface area (TPSA) is 55.6 Å². The van der Waals surface area contributed by atoms with Crippen molar-refractivity contribution in [2.45, 2.75) is 6.42 Å². The molecule has 0 unspecified atom stereocenters. The normalized spacial score (nSPS) is 15.4. The van der Waals surface area contributed by atoms with Crippen LogP contribution in [0, 0.1) is 0 Å². The molecule has 1 fully saturated rings. The van der Waals surface area contributed by atoms with Crippen molar-refractivity contribution in [1.82, 2.24) is 4.90 Å². The van der Waals surface area contributed by atoms with Crippen LogP contribution in [0.4, 0.5) is 5.69 Å². The van der Waals surface area contributed by atoms with Gasteiger partial charge in [0.15, 0.2) is 0 Å². The molecule has 1 aromatic rings. The number of anilines is 1. The fourth-order valence-electron chi connectivity index (χ4n) is 1.83. The molecular weight excluding hydrogens is 248 g/mol. The lowest BCUT2D eigenvalue weighted by atomic mass is 10.3. The van der Waals surface area contributed by atoms with Gasteiger partial charge < -0.3 is 15.4 Å². The number of carbonyl (C=O) groups is 1. The Morgan fingerprint density at radius 2 is 2.17 bits per heavy atom. The fourth-order valence-corrected chi connectivity index (χ4v) is 2.73. The van der Waals surface area contributed by atoms with Crippen molar-refractivity contribution in [3.8, 4) is 5.75 Å². The number of hydrogen-bond donors (Lipinski definition) is 1. The zero-order valence-corrected chi connectivity index (χ0v) is 11.1. The van der Waals surface area contributed by atoms with E-state index >= 15 is 0 Å². The van der Waals surface area contributed by atoms with E-state index in [0.29, 0.717) is 18.7 Å². The minimum absolute atomic E-state index is 0.180. The molecule has 2 N–H and O–H groups in total. The number of hydrogen-bond acceptors (Lipinski definition) is 4. The zero-order chi connectivity index (χ0) is 12.8. The molecule has 0 saturated carbocycles. The lowest BCUT2D eigenvalue weighted by Crippen LogP contribution is -2.38. The molecule has 2 rings (SSSR count). The molecule has 0 radical (unpaired) electrons. The average Bonchev–Trinajstić information content (AvgIpc) is 2.40. The third-order valence-electron chi connectivity index (χ3n) is 2.81. The highest BCUT2D eigenvalue weighted by Crippen LogP contribution is 2.15. The molecule has 0 bridgehead atoms. The standard InChI is InChI=1S/C13H18N2O2S/c14-11-2-1-3-12(10-11)17-7-4-13(16)15-5-8-18-9-6-15/h1-3,10H,4-9,14H2. The van der Waals surface area contributed by atoms with Crippen molar-refractivity contribution < 1.29 is 9.53 Å². The van der Waals surface area contributed by atoms with Crippen molar-refractivity contribution in [2.75, 3.05) is 36.9 Å². The van der Waals surface area contributed by atoms with Crippen LogP contribution in [0.1, 0.15) is 6.42 Å². The minimum atomic E-state index is 0.180. The van der Waals surface area contributed by atoms with Gasteiger partial charge in [-0.05, 0) is 12.1 Å². The maximum absolute atomic E-state index is 11.9. The van der Waals surface area contributed by atoms with Crippen molar-refractivity contribution in [1.29, 1.82) is 0 Å². The number of nitrogen functional groups attached to an aromatic ring is 1. The van der Waals surface area contributed by atoms with E-state index in [1.807, 2.05) is 34.9 Å². The largest absolute Gasteiger partial charge is 0.493 e. The molecule has 18 heavy (non-hydrogen) atoms. The second-order valence-electron chi connectivity index (χ2n) is 4.16. The van der Waals surface area contributed by atoms with Crippen LogP contribution in [0.2, 0.25) is 0 Å². The van der Waals surface area contributed by atoms with Gasteiger partial charge in [0.25, 0.3) is 0 Å². The minimum Gasteiger partial charge on any atom is -0.493 e. The van der Waals surface area contributed by atoms with Gasteiger partial charge in [-0.2, -0.15) is 11.8 Å². The first-order chi connectivity index (χ1) is 8.75. The third-order valence-corrected chi connectivity index (χ3v) is 3.75. The van der Waals surface area contributed by atoms with Gasteiger partial charge in [0.2, 0.25) is 5.91 Å². The van der Waals surface area contributed by atoms with Crippen molar-refractivity contribution in [2.24, 2.45) is 0 Å². The van der Waals surface area contributed by atoms with E-state index < -0.39 is 0 Å². The molecule has 1 amide bonds. The number of carbonyl (C=O) groups excluding carboxylic acids is 1. The summed E-state index contributed by atoms with van der Waals surface area (Å²) in [5.74, 6) is 2.99. The molecule has 4 nitrogen and oxygen atoms in total. The van der Waals surface area contributed by atoms with Crippen LogP contribution in [0.3, 0.4) is 0 Å². The Morgan fingerprint density at radius 1 is 1.39 bits per heavy atom. The Hall–Kier alpha value is -1.36. The van der Waals surface area contributed by atoms with E-state index in [2.05, 4.69) is 0 Å². The number of ether oxygens (including phenoxy) is 1. The van der Waals surface area contributed by atoms with Crippen molar-refractivity contribution >= 4 is 23.4 Å². The molecule has 0 aromatic heterocycles. The van der Waals surface area contributed by atoms with E-state index in [4.69, 9.17) is 10.5 Å². The Bertz CT molecular complexity index is 406. The Morgan fingerprint density at radius 3 is 2.89 bits per heavy atom. The molecule has 5 heteroatoms. The lowest BCUT2D eigenvalue weighted by Gasteiger charge is -2.26. The Kier molecular flexibility index (Phi) is 4.75. The van der Waals surface area contributed by atoms with Gasteiger partial charge in [0, 0.05) is 36.3 Å². The predicted octanol–water partition coefficient (Wildman–Crippen LogP) is 1.61. The van der Waals surface area contributed by atoms with Gasteiger partial charge >= 0.3 is 0 Å². The molecule has 1 heterocycles. The maximum atomic E-state index is 11.9. The highest BCUT2D eigenvalue weighted by atomic mass is 32.2. The smallest absolute Gasteiger partial charge is 0.226 e. The van der Waals surface area contributed by atoms with Gasteiger partial charge in [-0.15, -0.1) is 0 Å². The van der Waals surface area contributed by atoms with E-state index in [0.717, 1.165) is 30.3 Å². The first kappa shape index (κ1) is 13.1. The van der Waals surface area contributed by atoms with Gasteiger partial charge in [0.1, 0.15) is 5.75 Å². The number of benzene rings is 1. The summed E-state index contributed by atoms with van der Waals surface area (Å²) in [6.07, 6.45) is 0.430. The zero-order valence-electron chi connectivity index (χ0n) is 10.3. The van der Waals surface area contributed by atoms with Crippen molar-refractivity contribution in [3.05, 3.63) is 24.3 Å². The summed E-state index contributed by atoms with van der Waals surface area (Å²) in [5.41, 5.74) is 6.32. The number of amides is 1. The molecule has 0 aliphatic carbocycles. The Balaban J connectivity index is 1.73. The van der Waals surface area contributed by atoms with Crippen molar-refractivity contribution in [3.63, 3.8) is 0 Å². The van der Waals surface area contributed by atoms with Crippen LogP contribution in [0.25, 0.3) is 0 Å². The predicted molar refractivity (Wildman–Crippen MR) is 74.9 cm³/mol. The lowest BCUT2D eigenvalue weighted by molar-refractivity contribution is -0.131. The first-order valence-corrected chi connectivity index (χ1v) is 7.25. The van der Waals surface area contributed by atoms with Crippen LogP contribution in [-0.2, 0) is 4.79 Å². The molecular formula is C13H18N2O2S. The third kappa shape index (κ3) is 3.84. The van der Waals surface area contributed by atoms with Gasteiger partial charge in [-0.1, -0.05) is 6.07 Å². The van der Waals surface area contributed by atoms with E-state index in [9.17, 15) is 4.79 Å². The molecule has 98 valence electrons. The van der Waals surface area contributed by atoms with Gasteiger partial charge in [0.05, 0.1) is 13.0 Å². The molecule has 1 aromatic carbocycles. The summed E-state index contributed by atoms with van der Waals surface area (Å²) >= 11 is 1.90. The van der Waals surface area contributed by atoms with Crippen LogP contribution < -0.4 is 10.5 Å².